The van der Waals surface area contributed by atoms with E-state index in [0.29, 0.717) is 6.42 Å². The fourth-order valence-electron chi connectivity index (χ4n) is 3.18. The van der Waals surface area contributed by atoms with Gasteiger partial charge in [0.05, 0.1) is 5.69 Å². The van der Waals surface area contributed by atoms with E-state index in [1.165, 1.54) is 11.1 Å². The third kappa shape index (κ3) is 3.82. The lowest BCUT2D eigenvalue weighted by atomic mass is 10.00. The Morgan fingerprint density at radius 3 is 2.71 bits per heavy atom. The zero-order chi connectivity index (χ0) is 16.9. The van der Waals surface area contributed by atoms with Gasteiger partial charge in [0.25, 0.3) is 0 Å². The van der Waals surface area contributed by atoms with Crippen molar-refractivity contribution < 1.29 is 4.79 Å². The van der Waals surface area contributed by atoms with Gasteiger partial charge in [0, 0.05) is 38.3 Å². The second kappa shape index (κ2) is 7.58. The third-order valence-electron chi connectivity index (χ3n) is 4.94. The quantitative estimate of drug-likeness (QED) is 0.848. The zero-order valence-corrected chi connectivity index (χ0v) is 14.5. The number of pyridine rings is 1. The first-order valence-electron chi connectivity index (χ1n) is 8.61. The van der Waals surface area contributed by atoms with Crippen LogP contribution >= 0.6 is 0 Å². The molecule has 0 saturated heterocycles. The molecular formula is C20H25N3O. The number of aromatic nitrogens is 1. The number of nitrogens with zero attached hydrogens (tertiary/aromatic N) is 3. The molecule has 126 valence electrons. The van der Waals surface area contributed by atoms with E-state index < -0.39 is 0 Å². The number of hydrogen-bond acceptors (Lipinski definition) is 3. The molecule has 1 aromatic heterocycles. The van der Waals surface area contributed by atoms with E-state index in [4.69, 9.17) is 0 Å². The van der Waals surface area contributed by atoms with Crippen molar-refractivity contribution in [2.45, 2.75) is 32.4 Å². The molecule has 2 heterocycles. The fraction of sp³-hybridized carbons (Fsp3) is 0.400. The molecular weight excluding hydrogens is 298 g/mol. The summed E-state index contributed by atoms with van der Waals surface area (Å²) in [6.07, 6.45) is 3.33. The van der Waals surface area contributed by atoms with Crippen LogP contribution in [0.4, 0.5) is 0 Å². The normalized spacial score (nSPS) is 15.2. The second-order valence-electron chi connectivity index (χ2n) is 6.50. The molecule has 3 rings (SSSR count). The average Bonchev–Trinajstić information content (AvgIpc) is 2.65. The molecule has 0 fully saturated rings. The molecule has 0 N–H and O–H groups in total. The van der Waals surface area contributed by atoms with Gasteiger partial charge in [0.15, 0.2) is 0 Å². The molecule has 1 atom stereocenters. The number of fused-ring (bicyclic) bond motifs is 1. The largest absolute Gasteiger partial charge is 0.338 e. The average molecular weight is 323 g/mol. The Bertz CT molecular complexity index is 686. The Hall–Kier alpha value is -2.20. The zero-order valence-electron chi connectivity index (χ0n) is 14.5. The highest BCUT2D eigenvalue weighted by Crippen LogP contribution is 2.20. The van der Waals surface area contributed by atoms with Crippen LogP contribution < -0.4 is 0 Å². The van der Waals surface area contributed by atoms with Crippen LogP contribution in [0.2, 0.25) is 0 Å². The van der Waals surface area contributed by atoms with Crippen molar-refractivity contribution in [3.05, 3.63) is 65.5 Å². The van der Waals surface area contributed by atoms with E-state index >= 15 is 0 Å². The number of rotatable bonds is 5. The lowest BCUT2D eigenvalue weighted by Gasteiger charge is -2.30. The Kier molecular flexibility index (Phi) is 5.26. The van der Waals surface area contributed by atoms with Crippen LogP contribution in [-0.2, 0) is 17.8 Å². The van der Waals surface area contributed by atoms with E-state index in [9.17, 15) is 4.79 Å². The molecule has 1 aliphatic rings. The van der Waals surface area contributed by atoms with E-state index in [2.05, 4.69) is 48.1 Å². The first-order chi connectivity index (χ1) is 11.6. The number of benzene rings is 1. The summed E-state index contributed by atoms with van der Waals surface area (Å²) in [6.45, 7) is 4.45. The van der Waals surface area contributed by atoms with E-state index in [-0.39, 0.29) is 11.9 Å². The fourth-order valence-corrected chi connectivity index (χ4v) is 3.18. The monoisotopic (exact) mass is 323 g/mol. The van der Waals surface area contributed by atoms with Gasteiger partial charge >= 0.3 is 0 Å². The SMILES string of the molecule is C[C@@H](c1ccccn1)N(C)CCC(=O)N1CCc2ccccc2C1. The van der Waals surface area contributed by atoms with Crippen molar-refractivity contribution in [2.75, 3.05) is 20.1 Å². The number of carbonyl (C=O) groups is 1. The molecule has 0 unspecified atom stereocenters. The smallest absolute Gasteiger partial charge is 0.224 e. The Morgan fingerprint density at radius 1 is 1.21 bits per heavy atom. The van der Waals surface area contributed by atoms with Crippen LogP contribution in [0.3, 0.4) is 0 Å². The maximum absolute atomic E-state index is 12.6. The minimum atomic E-state index is 0.209. The Labute approximate surface area is 144 Å². The molecule has 1 aromatic carbocycles. The van der Waals surface area contributed by atoms with Gasteiger partial charge in [-0.25, -0.2) is 0 Å². The topological polar surface area (TPSA) is 36.4 Å². The first-order valence-corrected chi connectivity index (χ1v) is 8.61. The molecule has 4 heteroatoms. The highest BCUT2D eigenvalue weighted by atomic mass is 16.2. The molecule has 0 bridgehead atoms. The summed E-state index contributed by atoms with van der Waals surface area (Å²) in [5.41, 5.74) is 3.70. The summed E-state index contributed by atoms with van der Waals surface area (Å²) in [5, 5.41) is 0. The van der Waals surface area contributed by atoms with Crippen molar-refractivity contribution in [1.29, 1.82) is 0 Å². The number of hydrogen-bond donors (Lipinski definition) is 0. The molecule has 4 nitrogen and oxygen atoms in total. The maximum atomic E-state index is 12.6. The first kappa shape index (κ1) is 16.7. The van der Waals surface area contributed by atoms with Crippen LogP contribution in [0.5, 0.6) is 0 Å². The van der Waals surface area contributed by atoms with Gasteiger partial charge in [-0.3, -0.25) is 14.7 Å². The van der Waals surface area contributed by atoms with Crippen molar-refractivity contribution in [2.24, 2.45) is 0 Å². The predicted octanol–water partition coefficient (Wildman–Crippen LogP) is 3.05. The van der Waals surface area contributed by atoms with Crippen molar-refractivity contribution in [3.8, 4) is 0 Å². The molecule has 1 aliphatic heterocycles. The van der Waals surface area contributed by atoms with E-state index in [1.807, 2.05) is 29.3 Å². The van der Waals surface area contributed by atoms with Crippen molar-refractivity contribution in [1.82, 2.24) is 14.8 Å². The van der Waals surface area contributed by atoms with Gasteiger partial charge in [0.2, 0.25) is 5.91 Å². The summed E-state index contributed by atoms with van der Waals surface area (Å²) in [4.78, 5) is 21.1. The third-order valence-corrected chi connectivity index (χ3v) is 4.94. The van der Waals surface area contributed by atoms with Gasteiger partial charge < -0.3 is 4.90 Å². The summed E-state index contributed by atoms with van der Waals surface area (Å²) >= 11 is 0. The van der Waals surface area contributed by atoms with E-state index in [1.54, 1.807) is 0 Å². The highest BCUT2D eigenvalue weighted by Gasteiger charge is 2.21. The van der Waals surface area contributed by atoms with E-state index in [0.717, 1.165) is 31.7 Å². The minimum absolute atomic E-state index is 0.209. The molecule has 1 amide bonds. The van der Waals surface area contributed by atoms with Crippen molar-refractivity contribution >= 4 is 5.91 Å². The Balaban J connectivity index is 1.53. The summed E-state index contributed by atoms with van der Waals surface area (Å²) in [7, 11) is 2.05. The van der Waals surface area contributed by atoms with Crippen LogP contribution in [0, 0.1) is 0 Å². The summed E-state index contributed by atoms with van der Waals surface area (Å²) < 4.78 is 0. The molecule has 24 heavy (non-hydrogen) atoms. The van der Waals surface area contributed by atoms with Crippen LogP contribution in [-0.4, -0.2) is 40.8 Å². The second-order valence-corrected chi connectivity index (χ2v) is 6.50. The number of carbonyl (C=O) groups excluding carboxylic acids is 1. The molecule has 0 radical (unpaired) electrons. The standard InChI is InChI=1S/C20H25N3O/c1-16(19-9-5-6-12-21-19)22(2)13-11-20(24)23-14-10-17-7-3-4-8-18(17)15-23/h3-9,12,16H,10-11,13-15H2,1-2H3/t16-/m0/s1. The van der Waals surface area contributed by atoms with Gasteiger partial charge in [-0.1, -0.05) is 30.3 Å². The van der Waals surface area contributed by atoms with Gasteiger partial charge in [0.1, 0.15) is 0 Å². The highest BCUT2D eigenvalue weighted by molar-refractivity contribution is 5.76. The predicted molar refractivity (Wildman–Crippen MR) is 95.5 cm³/mol. The lowest BCUT2D eigenvalue weighted by molar-refractivity contribution is -0.132. The van der Waals surface area contributed by atoms with Crippen LogP contribution in [0.1, 0.15) is 36.2 Å². The van der Waals surface area contributed by atoms with Gasteiger partial charge in [-0.2, -0.15) is 0 Å². The minimum Gasteiger partial charge on any atom is -0.338 e. The molecule has 0 saturated carbocycles. The number of amides is 1. The molecule has 0 aliphatic carbocycles. The summed E-state index contributed by atoms with van der Waals surface area (Å²) in [6, 6.07) is 14.6. The van der Waals surface area contributed by atoms with Crippen molar-refractivity contribution in [3.63, 3.8) is 0 Å². The van der Waals surface area contributed by atoms with Crippen LogP contribution in [0.15, 0.2) is 48.7 Å². The molecule has 2 aromatic rings. The summed E-state index contributed by atoms with van der Waals surface area (Å²) in [5.74, 6) is 0.240. The van der Waals surface area contributed by atoms with Gasteiger partial charge in [-0.15, -0.1) is 0 Å². The Morgan fingerprint density at radius 2 is 1.96 bits per heavy atom. The van der Waals surface area contributed by atoms with Gasteiger partial charge in [-0.05, 0) is 43.7 Å². The van der Waals surface area contributed by atoms with Crippen LogP contribution in [0.25, 0.3) is 0 Å². The molecule has 0 spiro atoms. The maximum Gasteiger partial charge on any atom is 0.224 e. The lowest BCUT2D eigenvalue weighted by Crippen LogP contribution is -2.37.